The third-order valence-corrected chi connectivity index (χ3v) is 14.1. The lowest BCUT2D eigenvalue weighted by molar-refractivity contribution is 0.0698. The van der Waals surface area contributed by atoms with E-state index in [4.69, 9.17) is 5.73 Å². The Hall–Kier alpha value is -4.61. The van der Waals surface area contributed by atoms with Gasteiger partial charge in [-0.3, -0.25) is 14.2 Å². The maximum Gasteiger partial charge on any atom is 0.267 e. The lowest BCUT2D eigenvalue weighted by atomic mass is 9.78. The highest BCUT2D eigenvalue weighted by Gasteiger charge is 2.35. The number of aliphatic hydroxyl groups excluding tert-OH is 1. The molecule has 4 atom stereocenters. The Kier molecular flexibility index (Phi) is 8.86. The van der Waals surface area contributed by atoms with Crippen molar-refractivity contribution in [3.8, 4) is 16.8 Å². The number of nitrogens with one attached hydrogen (secondary N) is 1. The fourth-order valence-corrected chi connectivity index (χ4v) is 8.71. The van der Waals surface area contributed by atoms with E-state index in [0.29, 0.717) is 22.2 Å². The molecule has 47 heavy (non-hydrogen) atoms. The summed E-state index contributed by atoms with van der Waals surface area (Å²) in [6.07, 6.45) is 5.26. The molecular weight excluding hydrogens is 612 g/mol. The summed E-state index contributed by atoms with van der Waals surface area (Å²) < 4.78 is 16.6. The van der Waals surface area contributed by atoms with Crippen molar-refractivity contribution in [2.45, 2.75) is 69.7 Å². The summed E-state index contributed by atoms with van der Waals surface area (Å²) in [5.74, 6) is -0.102. The number of benzene rings is 2. The summed E-state index contributed by atoms with van der Waals surface area (Å²) in [6, 6.07) is 19.2. The monoisotopic (exact) mass is 652 g/mol. The number of anilines is 2. The van der Waals surface area contributed by atoms with Crippen LogP contribution in [0.3, 0.4) is 0 Å². The van der Waals surface area contributed by atoms with Gasteiger partial charge in [0.2, 0.25) is 0 Å². The SMILES string of the molecule is C[SiH](CC1CC(c2cc(-c3ccc(NC(=O)c4cccn(-c5ccc(F)cc5)c4=O)cc3)c3c(N)ncnn23)CCC1O)C(C)(C)C. The molecule has 0 saturated heterocycles. The van der Waals surface area contributed by atoms with Crippen LogP contribution in [0.4, 0.5) is 15.9 Å². The average molecular weight is 653 g/mol. The van der Waals surface area contributed by atoms with E-state index < -0.39 is 26.1 Å². The largest absolute Gasteiger partial charge is 0.393 e. The Bertz CT molecular complexity index is 1970. The van der Waals surface area contributed by atoms with Crippen LogP contribution in [0, 0.1) is 11.7 Å². The second-order valence-electron chi connectivity index (χ2n) is 13.8. The molecule has 3 aromatic heterocycles. The van der Waals surface area contributed by atoms with Gasteiger partial charge in [0, 0.05) is 43.5 Å². The number of hydrogen-bond acceptors (Lipinski definition) is 6. The first-order valence-corrected chi connectivity index (χ1v) is 18.6. The number of halogens is 1. The normalized spacial score (nSPS) is 19.1. The van der Waals surface area contributed by atoms with Gasteiger partial charge in [-0.25, -0.2) is 13.9 Å². The van der Waals surface area contributed by atoms with Crippen LogP contribution in [0.2, 0.25) is 17.6 Å². The van der Waals surface area contributed by atoms with Crippen molar-refractivity contribution >= 4 is 31.7 Å². The van der Waals surface area contributed by atoms with Crippen molar-refractivity contribution < 1.29 is 14.3 Å². The molecule has 0 bridgehead atoms. The van der Waals surface area contributed by atoms with Gasteiger partial charge in [-0.1, -0.05) is 45.5 Å². The minimum absolute atomic E-state index is 0.0376. The molecule has 4 N–H and O–H groups in total. The van der Waals surface area contributed by atoms with Crippen LogP contribution in [0.1, 0.15) is 62.0 Å². The third kappa shape index (κ3) is 6.63. The van der Waals surface area contributed by atoms with Crippen molar-refractivity contribution in [1.29, 1.82) is 0 Å². The number of nitrogens with two attached hydrogens (primary N) is 1. The first-order chi connectivity index (χ1) is 22.4. The second kappa shape index (κ2) is 12.9. The van der Waals surface area contributed by atoms with E-state index in [0.717, 1.165) is 47.6 Å². The zero-order valence-corrected chi connectivity index (χ0v) is 28.3. The van der Waals surface area contributed by atoms with E-state index in [1.54, 1.807) is 18.2 Å². The minimum Gasteiger partial charge on any atom is -0.393 e. The Morgan fingerprint density at radius 1 is 1.11 bits per heavy atom. The number of rotatable bonds is 7. The molecule has 9 nitrogen and oxygen atoms in total. The molecule has 0 aliphatic heterocycles. The molecule has 1 amide bonds. The van der Waals surface area contributed by atoms with Gasteiger partial charge in [0.25, 0.3) is 11.5 Å². The van der Waals surface area contributed by atoms with Gasteiger partial charge < -0.3 is 16.2 Å². The van der Waals surface area contributed by atoms with Crippen LogP contribution >= 0.6 is 0 Å². The number of aromatic nitrogens is 4. The molecule has 11 heteroatoms. The molecule has 3 heterocycles. The number of amides is 1. The molecular formula is C36H41FN6O3Si. The molecule has 0 spiro atoms. The summed E-state index contributed by atoms with van der Waals surface area (Å²) in [4.78, 5) is 30.6. The van der Waals surface area contributed by atoms with Crippen LogP contribution in [0.15, 0.2) is 84.0 Å². The highest BCUT2D eigenvalue weighted by atomic mass is 28.3. The van der Waals surface area contributed by atoms with Gasteiger partial charge >= 0.3 is 0 Å². The van der Waals surface area contributed by atoms with Crippen LogP contribution < -0.4 is 16.6 Å². The van der Waals surface area contributed by atoms with Gasteiger partial charge in [0.1, 0.15) is 23.2 Å². The van der Waals surface area contributed by atoms with E-state index in [1.807, 2.05) is 16.6 Å². The van der Waals surface area contributed by atoms with E-state index in [2.05, 4.69) is 48.8 Å². The standard InChI is InChI=1S/C36H41FN6O3Si/c1-36(2,3)47(4)20-24-18-23(9-16-31(24)44)30-19-29(32-33(38)39-21-40-43(30)32)22-7-12-26(13-8-22)41-34(45)28-6-5-17-42(35(28)46)27-14-10-25(37)11-15-27/h5-8,10-15,17,19,21,23-24,31,44,47H,9,16,18,20H2,1-4H3,(H,41,45)(H2,38,39,40). The Morgan fingerprint density at radius 3 is 2.53 bits per heavy atom. The molecule has 1 fully saturated rings. The zero-order valence-electron chi connectivity index (χ0n) is 27.2. The summed E-state index contributed by atoms with van der Waals surface area (Å²) in [5, 5.41) is 18.7. The lowest BCUT2D eigenvalue weighted by Crippen LogP contribution is -2.34. The molecule has 1 saturated carbocycles. The summed E-state index contributed by atoms with van der Waals surface area (Å²) in [7, 11) is -1.06. The van der Waals surface area contributed by atoms with Crippen LogP contribution in [0.5, 0.6) is 0 Å². The Labute approximate surface area is 274 Å². The fraction of sp³-hybridized carbons (Fsp3) is 0.333. The first kappa shape index (κ1) is 32.3. The summed E-state index contributed by atoms with van der Waals surface area (Å²) in [6.45, 7) is 9.35. The van der Waals surface area contributed by atoms with Crippen LogP contribution in [0.25, 0.3) is 22.3 Å². The molecule has 1 aliphatic carbocycles. The smallest absolute Gasteiger partial charge is 0.267 e. The van der Waals surface area contributed by atoms with E-state index >= 15 is 0 Å². The number of aliphatic hydroxyl groups is 1. The number of nitrogens with zero attached hydrogens (tertiary/aromatic N) is 4. The fourth-order valence-electron chi connectivity index (χ4n) is 6.58. The molecule has 244 valence electrons. The zero-order chi connectivity index (χ0) is 33.5. The van der Waals surface area contributed by atoms with Crippen LogP contribution in [-0.2, 0) is 0 Å². The number of fused-ring (bicyclic) bond motifs is 1. The number of nitrogen functional groups attached to an aromatic ring is 1. The van der Waals surface area contributed by atoms with E-state index in [1.165, 1.54) is 47.4 Å². The maximum absolute atomic E-state index is 13.4. The van der Waals surface area contributed by atoms with Gasteiger partial charge in [0.05, 0.1) is 6.10 Å². The number of pyridine rings is 1. The second-order valence-corrected chi connectivity index (χ2v) is 17.8. The molecule has 6 rings (SSSR count). The average Bonchev–Trinajstić information content (AvgIpc) is 3.43. The van der Waals surface area contributed by atoms with Gasteiger partial charge in [-0.05, 0) is 90.4 Å². The predicted molar refractivity (Wildman–Crippen MR) is 186 cm³/mol. The Morgan fingerprint density at radius 2 is 1.83 bits per heavy atom. The van der Waals surface area contributed by atoms with Crippen molar-refractivity contribution in [2.24, 2.45) is 5.92 Å². The molecule has 4 unspecified atom stereocenters. The molecule has 1 aliphatic rings. The summed E-state index contributed by atoms with van der Waals surface area (Å²) >= 11 is 0. The van der Waals surface area contributed by atoms with Crippen molar-refractivity contribution in [2.75, 3.05) is 11.1 Å². The third-order valence-electron chi connectivity index (χ3n) is 9.86. The van der Waals surface area contributed by atoms with Crippen molar-refractivity contribution in [3.05, 3.63) is 107 Å². The number of carbonyl (C=O) groups is 1. The van der Waals surface area contributed by atoms with Gasteiger partial charge in [-0.2, -0.15) is 5.10 Å². The highest BCUT2D eigenvalue weighted by molar-refractivity contribution is 6.60. The predicted octanol–water partition coefficient (Wildman–Crippen LogP) is 6.42. The molecule has 2 aromatic carbocycles. The number of hydrogen-bond donors (Lipinski definition) is 3. The molecule has 5 aromatic rings. The van der Waals surface area contributed by atoms with Crippen molar-refractivity contribution in [3.63, 3.8) is 0 Å². The lowest BCUT2D eigenvalue weighted by Gasteiger charge is -2.37. The Balaban J connectivity index is 1.25. The number of carbonyl (C=O) groups excluding carboxylic acids is 1. The maximum atomic E-state index is 13.4. The van der Waals surface area contributed by atoms with E-state index in [9.17, 15) is 19.1 Å². The topological polar surface area (TPSA) is 128 Å². The van der Waals surface area contributed by atoms with Crippen LogP contribution in [-0.4, -0.2) is 45.1 Å². The minimum atomic E-state index is -1.06. The highest BCUT2D eigenvalue weighted by Crippen LogP contribution is 2.43. The molecule has 0 radical (unpaired) electrons. The first-order valence-electron chi connectivity index (χ1n) is 16.1. The quantitative estimate of drug-likeness (QED) is 0.174. The van der Waals surface area contributed by atoms with Crippen molar-refractivity contribution in [1.82, 2.24) is 19.2 Å². The van der Waals surface area contributed by atoms with Gasteiger partial charge in [-0.15, -0.1) is 0 Å². The van der Waals surface area contributed by atoms with E-state index in [-0.39, 0.29) is 23.5 Å². The van der Waals surface area contributed by atoms with Gasteiger partial charge in [0.15, 0.2) is 5.82 Å². The summed E-state index contributed by atoms with van der Waals surface area (Å²) in [5.41, 5.74) is 10.4.